The Kier molecular flexibility index (Phi) is 6.98. The van der Waals surface area contributed by atoms with Crippen molar-refractivity contribution in [3.05, 3.63) is 23.5 Å². The summed E-state index contributed by atoms with van der Waals surface area (Å²) in [6.07, 6.45) is 0. The van der Waals surface area contributed by atoms with Crippen LogP contribution in [0.3, 0.4) is 0 Å². The molecule has 1 rings (SSSR count). The second-order valence-electron chi connectivity index (χ2n) is 3.14. The van der Waals surface area contributed by atoms with E-state index in [-0.39, 0.29) is 62.4 Å². The fraction of sp³-hybridized carbons (Fsp3) is 0.375. The maximum Gasteiger partial charge on any atom is 1.00 e. The molecule has 16 heavy (non-hydrogen) atoms. The number of aromatic nitrogens is 1. The Bertz CT molecular complexity index is 360. The van der Waals surface area contributed by atoms with Crippen LogP contribution in [0.1, 0.15) is 11.5 Å². The van der Waals surface area contributed by atoms with E-state index in [2.05, 4.69) is 11.6 Å². The molecule has 0 aliphatic rings. The van der Waals surface area contributed by atoms with Crippen LogP contribution < -0.4 is 51.4 Å². The Balaban J connectivity index is 0.00000225. The second-order valence-corrected chi connectivity index (χ2v) is 4.07. The molecule has 1 aromatic heterocycles. The third-order valence-corrected chi connectivity index (χ3v) is 2.79. The molecule has 0 unspecified atom stereocenters. The molecule has 0 bridgehead atoms. The van der Waals surface area contributed by atoms with Gasteiger partial charge in [-0.1, -0.05) is 11.8 Å². The summed E-state index contributed by atoms with van der Waals surface area (Å²) in [5.41, 5.74) is -0.0332. The summed E-state index contributed by atoms with van der Waals surface area (Å²) in [5.74, 6) is 0.392. The minimum atomic E-state index is -4.96. The Morgan fingerprint density at radius 1 is 1.44 bits per heavy atom. The van der Waals surface area contributed by atoms with Crippen LogP contribution in [0.25, 0.3) is 0 Å². The zero-order valence-corrected chi connectivity index (χ0v) is 13.3. The van der Waals surface area contributed by atoms with E-state index in [1.807, 2.05) is 0 Å². The fourth-order valence-electron chi connectivity index (χ4n) is 0.754. The number of aryl methyl sites for hydroxylation is 2. The van der Waals surface area contributed by atoms with E-state index in [9.17, 15) is 12.9 Å². The number of rotatable bonds is 4. The monoisotopic (exact) mass is 275 g/mol. The molecule has 2 nitrogen and oxygen atoms in total. The van der Waals surface area contributed by atoms with Crippen molar-refractivity contribution in [2.24, 2.45) is 0 Å². The molecule has 0 amide bonds. The van der Waals surface area contributed by atoms with Gasteiger partial charge in [-0.3, -0.25) is 0 Å². The molecule has 0 aromatic carbocycles. The van der Waals surface area contributed by atoms with Gasteiger partial charge in [-0.2, -0.15) is 0 Å². The molecule has 0 fully saturated rings. The minimum Gasteiger partial charge on any atom is -0.445 e. The minimum absolute atomic E-state index is 0. The van der Waals surface area contributed by atoms with Crippen molar-refractivity contribution in [3.63, 3.8) is 0 Å². The molecular weight excluding hydrogens is 265 g/mol. The number of hydrogen-bond donors (Lipinski definition) is 0. The normalized spacial score (nSPS) is 11.1. The standard InChI is InChI=1S/C8H10BF3NOS.K/c1-5(9(10,11)12)4-15-8-13-6(2)7(3)14-8;/h1,4H2,2-3H3;/q-1;+1. The summed E-state index contributed by atoms with van der Waals surface area (Å²) >= 11 is 0.909. The van der Waals surface area contributed by atoms with E-state index in [4.69, 9.17) is 4.42 Å². The molecule has 0 saturated carbocycles. The van der Waals surface area contributed by atoms with Gasteiger partial charge < -0.3 is 17.4 Å². The molecular formula is C8H10BF3KNOS. The van der Waals surface area contributed by atoms with Crippen molar-refractivity contribution in [1.82, 2.24) is 4.98 Å². The van der Waals surface area contributed by atoms with Crippen LogP contribution in [0, 0.1) is 13.8 Å². The Labute approximate surface area is 139 Å². The van der Waals surface area contributed by atoms with E-state index in [0.29, 0.717) is 11.5 Å². The quantitative estimate of drug-likeness (QED) is 0.585. The van der Waals surface area contributed by atoms with Gasteiger partial charge in [0, 0.05) is 0 Å². The molecule has 0 N–H and O–H groups in total. The van der Waals surface area contributed by atoms with Crippen molar-refractivity contribution >= 4 is 18.7 Å². The predicted molar refractivity (Wildman–Crippen MR) is 54.9 cm³/mol. The number of hydrogen-bond acceptors (Lipinski definition) is 3. The maximum atomic E-state index is 12.1. The first kappa shape index (κ1) is 16.8. The van der Waals surface area contributed by atoms with E-state index >= 15 is 0 Å². The smallest absolute Gasteiger partial charge is 0.445 e. The zero-order valence-electron chi connectivity index (χ0n) is 9.39. The topological polar surface area (TPSA) is 26.0 Å². The van der Waals surface area contributed by atoms with Gasteiger partial charge in [-0.05, 0) is 19.6 Å². The van der Waals surface area contributed by atoms with Crippen molar-refractivity contribution in [2.75, 3.05) is 5.75 Å². The number of oxazole rings is 1. The third-order valence-electron chi connectivity index (χ3n) is 1.85. The molecule has 0 aliphatic carbocycles. The summed E-state index contributed by atoms with van der Waals surface area (Å²) in [6.45, 7) is 1.48. The van der Waals surface area contributed by atoms with Gasteiger partial charge >= 0.3 is 58.4 Å². The number of nitrogens with zero attached hydrogens (tertiary/aromatic N) is 1. The summed E-state index contributed by atoms with van der Waals surface area (Å²) in [6, 6.07) is 0. The van der Waals surface area contributed by atoms with Gasteiger partial charge in [0.25, 0.3) is 5.22 Å². The van der Waals surface area contributed by atoms with Gasteiger partial charge in [0.1, 0.15) is 5.76 Å². The fourth-order valence-corrected chi connectivity index (χ4v) is 1.64. The van der Waals surface area contributed by atoms with Crippen molar-refractivity contribution in [3.8, 4) is 0 Å². The molecule has 0 aliphatic heterocycles. The van der Waals surface area contributed by atoms with Crippen LogP contribution in [0.15, 0.2) is 21.7 Å². The summed E-state index contributed by atoms with van der Waals surface area (Å²) in [4.78, 5) is 3.96. The largest absolute Gasteiger partial charge is 1.00 e. The predicted octanol–water partition coefficient (Wildman–Crippen LogP) is 0.330. The van der Waals surface area contributed by atoms with Gasteiger partial charge in [-0.25, -0.2) is 4.98 Å². The summed E-state index contributed by atoms with van der Waals surface area (Å²) < 4.78 is 41.5. The van der Waals surface area contributed by atoms with Gasteiger partial charge in [-0.15, -0.1) is 12.1 Å². The molecule has 1 aromatic rings. The Hall–Kier alpha value is 0.791. The van der Waals surface area contributed by atoms with Gasteiger partial charge in [0.15, 0.2) is 0 Å². The van der Waals surface area contributed by atoms with E-state index in [1.165, 1.54) is 0 Å². The average Bonchev–Trinajstić information content (AvgIpc) is 2.41. The molecule has 0 spiro atoms. The first-order valence-corrected chi connectivity index (χ1v) is 5.23. The molecule has 0 saturated heterocycles. The van der Waals surface area contributed by atoms with E-state index in [1.54, 1.807) is 13.8 Å². The number of halogens is 3. The SMILES string of the molecule is C=C(CSc1nc(C)c(C)o1)[B-](F)(F)F.[K+]. The molecule has 0 radical (unpaired) electrons. The van der Waals surface area contributed by atoms with Crippen molar-refractivity contribution in [2.45, 2.75) is 19.1 Å². The first-order chi connectivity index (χ1) is 6.80. The van der Waals surface area contributed by atoms with Gasteiger partial charge in [0.05, 0.1) is 5.69 Å². The van der Waals surface area contributed by atoms with Gasteiger partial charge in [0.2, 0.25) is 0 Å². The average molecular weight is 275 g/mol. The van der Waals surface area contributed by atoms with Crippen LogP contribution in [-0.2, 0) is 0 Å². The van der Waals surface area contributed by atoms with E-state index in [0.717, 1.165) is 11.8 Å². The van der Waals surface area contributed by atoms with Crippen LogP contribution in [-0.4, -0.2) is 17.7 Å². The van der Waals surface area contributed by atoms with Crippen LogP contribution in [0.2, 0.25) is 0 Å². The Morgan fingerprint density at radius 3 is 2.38 bits per heavy atom. The zero-order chi connectivity index (χ0) is 11.6. The summed E-state index contributed by atoms with van der Waals surface area (Å²) in [5, 5.41) is 0.256. The van der Waals surface area contributed by atoms with Crippen molar-refractivity contribution in [1.29, 1.82) is 0 Å². The van der Waals surface area contributed by atoms with Crippen LogP contribution in [0.4, 0.5) is 12.9 Å². The summed E-state index contributed by atoms with van der Waals surface area (Å²) in [7, 11) is 0. The molecule has 84 valence electrons. The first-order valence-electron chi connectivity index (χ1n) is 4.25. The third kappa shape index (κ3) is 4.97. The molecule has 0 atom stereocenters. The maximum absolute atomic E-state index is 12.1. The van der Waals surface area contributed by atoms with E-state index < -0.39 is 12.4 Å². The van der Waals surface area contributed by atoms with Crippen LogP contribution in [0.5, 0.6) is 0 Å². The molecule has 8 heteroatoms. The molecule has 1 heterocycles. The second kappa shape index (κ2) is 6.65. The van der Waals surface area contributed by atoms with Crippen molar-refractivity contribution < 1.29 is 68.7 Å². The Morgan fingerprint density at radius 2 is 2.00 bits per heavy atom. The number of thioether (sulfide) groups is 1. The van der Waals surface area contributed by atoms with Crippen LogP contribution >= 0.6 is 11.8 Å².